The van der Waals surface area contributed by atoms with Crippen LogP contribution in [-0.4, -0.2) is 37.0 Å². The van der Waals surface area contributed by atoms with E-state index < -0.39 is 0 Å². The third kappa shape index (κ3) is 5.98. The van der Waals surface area contributed by atoms with Crippen molar-refractivity contribution in [2.45, 2.75) is 20.4 Å². The van der Waals surface area contributed by atoms with Gasteiger partial charge in [-0.15, -0.1) is 0 Å². The molecule has 5 nitrogen and oxygen atoms in total. The first-order valence-corrected chi connectivity index (χ1v) is 7.28. The van der Waals surface area contributed by atoms with Crippen LogP contribution in [0.4, 0.5) is 5.69 Å². The molecule has 0 heterocycles. The molecular formula is C14H22BrN3O2. The molecule has 0 atom stereocenters. The highest BCUT2D eigenvalue weighted by Crippen LogP contribution is 2.21. The van der Waals surface area contributed by atoms with Gasteiger partial charge in [-0.2, -0.15) is 0 Å². The van der Waals surface area contributed by atoms with Crippen molar-refractivity contribution in [1.29, 1.82) is 0 Å². The molecule has 1 aromatic rings. The van der Waals surface area contributed by atoms with Gasteiger partial charge in [-0.3, -0.25) is 10.1 Å². The molecule has 0 saturated carbocycles. The zero-order chi connectivity index (χ0) is 15.3. The van der Waals surface area contributed by atoms with E-state index in [0.717, 1.165) is 23.1 Å². The second-order valence-electron chi connectivity index (χ2n) is 6.08. The first-order chi connectivity index (χ1) is 9.19. The van der Waals surface area contributed by atoms with E-state index in [4.69, 9.17) is 0 Å². The van der Waals surface area contributed by atoms with Gasteiger partial charge in [0.25, 0.3) is 5.69 Å². The van der Waals surface area contributed by atoms with Crippen LogP contribution in [0.1, 0.15) is 19.4 Å². The van der Waals surface area contributed by atoms with Gasteiger partial charge in [0.2, 0.25) is 0 Å². The van der Waals surface area contributed by atoms with E-state index in [1.807, 2.05) is 6.07 Å². The van der Waals surface area contributed by atoms with Crippen molar-refractivity contribution in [2.75, 3.05) is 27.2 Å². The van der Waals surface area contributed by atoms with Crippen molar-refractivity contribution < 1.29 is 4.92 Å². The molecule has 0 spiro atoms. The number of non-ortho nitro benzene ring substituents is 1. The third-order valence-corrected chi connectivity index (χ3v) is 3.29. The van der Waals surface area contributed by atoms with E-state index in [-0.39, 0.29) is 16.0 Å². The number of hydrogen-bond acceptors (Lipinski definition) is 4. The van der Waals surface area contributed by atoms with E-state index >= 15 is 0 Å². The molecule has 6 heteroatoms. The highest BCUT2D eigenvalue weighted by molar-refractivity contribution is 9.10. The molecule has 0 aliphatic rings. The summed E-state index contributed by atoms with van der Waals surface area (Å²) < 4.78 is 0.732. The number of benzene rings is 1. The Labute approximate surface area is 128 Å². The Morgan fingerprint density at radius 3 is 2.55 bits per heavy atom. The lowest BCUT2D eigenvalue weighted by atomic mass is 9.93. The lowest BCUT2D eigenvalue weighted by Crippen LogP contribution is -2.37. The first kappa shape index (κ1) is 17.1. The summed E-state index contributed by atoms with van der Waals surface area (Å²) in [6, 6.07) is 5.02. The lowest BCUT2D eigenvalue weighted by molar-refractivity contribution is -0.385. The Hall–Kier alpha value is -0.980. The van der Waals surface area contributed by atoms with E-state index in [9.17, 15) is 10.1 Å². The predicted molar refractivity (Wildman–Crippen MR) is 84.8 cm³/mol. The van der Waals surface area contributed by atoms with Crippen LogP contribution in [0, 0.1) is 15.5 Å². The van der Waals surface area contributed by atoms with Crippen LogP contribution in [0.15, 0.2) is 22.7 Å². The molecule has 112 valence electrons. The van der Waals surface area contributed by atoms with Gasteiger partial charge in [0.1, 0.15) is 0 Å². The average molecular weight is 344 g/mol. The molecule has 0 radical (unpaired) electrons. The second-order valence-corrected chi connectivity index (χ2v) is 7.00. The van der Waals surface area contributed by atoms with Gasteiger partial charge in [0.15, 0.2) is 0 Å². The van der Waals surface area contributed by atoms with Crippen molar-refractivity contribution in [3.63, 3.8) is 0 Å². The van der Waals surface area contributed by atoms with Crippen molar-refractivity contribution in [2.24, 2.45) is 5.41 Å². The van der Waals surface area contributed by atoms with Crippen LogP contribution in [0.3, 0.4) is 0 Å². The second kappa shape index (κ2) is 7.15. The molecule has 0 aliphatic heterocycles. The molecule has 0 aliphatic carbocycles. The topological polar surface area (TPSA) is 58.4 Å². The van der Waals surface area contributed by atoms with Crippen LogP contribution in [-0.2, 0) is 6.54 Å². The van der Waals surface area contributed by atoms with Gasteiger partial charge in [-0.05, 0) is 31.1 Å². The molecule has 1 N–H and O–H groups in total. The van der Waals surface area contributed by atoms with E-state index in [1.165, 1.54) is 6.07 Å². The Bertz CT molecular complexity index is 475. The number of nitro benzene ring substituents is 1. The summed E-state index contributed by atoms with van der Waals surface area (Å²) in [7, 11) is 4.11. The minimum atomic E-state index is -0.371. The minimum absolute atomic E-state index is 0.115. The predicted octanol–water partition coefficient (Wildman–Crippen LogP) is 3.03. The SMILES string of the molecule is CN(C)CC(C)(C)CNCc1cc(Br)cc([N+](=O)[O-])c1. The summed E-state index contributed by atoms with van der Waals surface area (Å²) in [6.07, 6.45) is 0. The Morgan fingerprint density at radius 1 is 1.35 bits per heavy atom. The average Bonchev–Trinajstić information content (AvgIpc) is 2.25. The van der Waals surface area contributed by atoms with Gasteiger partial charge in [-0.25, -0.2) is 0 Å². The number of rotatable bonds is 7. The van der Waals surface area contributed by atoms with Gasteiger partial charge < -0.3 is 10.2 Å². The molecule has 0 saturated heterocycles. The fourth-order valence-corrected chi connectivity index (χ4v) is 2.83. The van der Waals surface area contributed by atoms with Crippen LogP contribution >= 0.6 is 15.9 Å². The van der Waals surface area contributed by atoms with Crippen molar-refractivity contribution >= 4 is 21.6 Å². The number of nitro groups is 1. The van der Waals surface area contributed by atoms with Crippen LogP contribution in [0.5, 0.6) is 0 Å². The maximum atomic E-state index is 10.8. The highest BCUT2D eigenvalue weighted by atomic mass is 79.9. The molecule has 0 aromatic heterocycles. The standard InChI is InChI=1S/C14H22BrN3O2/c1-14(2,10-17(3)4)9-16-8-11-5-12(15)7-13(6-11)18(19)20/h5-7,16H,8-10H2,1-4H3. The van der Waals surface area contributed by atoms with Gasteiger partial charge in [0, 0.05) is 36.2 Å². The molecule has 1 aromatic carbocycles. The number of hydrogen-bond donors (Lipinski definition) is 1. The summed E-state index contributed by atoms with van der Waals surface area (Å²) in [5.74, 6) is 0. The molecule has 0 bridgehead atoms. The maximum absolute atomic E-state index is 10.8. The Kier molecular flexibility index (Phi) is 6.10. The molecule has 0 unspecified atom stereocenters. The Balaban J connectivity index is 2.60. The smallest absolute Gasteiger partial charge is 0.270 e. The van der Waals surface area contributed by atoms with Gasteiger partial charge in [0.05, 0.1) is 4.92 Å². The first-order valence-electron chi connectivity index (χ1n) is 6.49. The third-order valence-electron chi connectivity index (χ3n) is 2.83. The van der Waals surface area contributed by atoms with Crippen LogP contribution in [0.25, 0.3) is 0 Å². The summed E-state index contributed by atoms with van der Waals surface area (Å²) in [6.45, 7) is 6.86. The summed E-state index contributed by atoms with van der Waals surface area (Å²) in [4.78, 5) is 12.6. The van der Waals surface area contributed by atoms with E-state index in [1.54, 1.807) is 6.07 Å². The minimum Gasteiger partial charge on any atom is -0.312 e. The van der Waals surface area contributed by atoms with Gasteiger partial charge >= 0.3 is 0 Å². The maximum Gasteiger partial charge on any atom is 0.270 e. The number of nitrogens with one attached hydrogen (secondary N) is 1. The summed E-state index contributed by atoms with van der Waals surface area (Å²) in [5, 5.41) is 14.2. The van der Waals surface area contributed by atoms with Crippen molar-refractivity contribution in [3.05, 3.63) is 38.3 Å². The molecule has 0 amide bonds. The fraction of sp³-hybridized carbons (Fsp3) is 0.571. The normalized spacial score (nSPS) is 11.9. The molecule has 0 fully saturated rings. The summed E-state index contributed by atoms with van der Waals surface area (Å²) in [5.41, 5.74) is 1.18. The summed E-state index contributed by atoms with van der Waals surface area (Å²) >= 11 is 3.31. The van der Waals surface area contributed by atoms with E-state index in [0.29, 0.717) is 6.54 Å². The molecule has 1 rings (SSSR count). The number of nitrogens with zero attached hydrogens (tertiary/aromatic N) is 2. The largest absolute Gasteiger partial charge is 0.312 e. The van der Waals surface area contributed by atoms with Gasteiger partial charge in [-0.1, -0.05) is 29.8 Å². The quantitative estimate of drug-likeness (QED) is 0.610. The monoisotopic (exact) mass is 343 g/mol. The molecule has 20 heavy (non-hydrogen) atoms. The van der Waals surface area contributed by atoms with Crippen LogP contribution < -0.4 is 5.32 Å². The van der Waals surface area contributed by atoms with E-state index in [2.05, 4.69) is 54.1 Å². The zero-order valence-corrected chi connectivity index (χ0v) is 14.0. The highest BCUT2D eigenvalue weighted by Gasteiger charge is 2.18. The van der Waals surface area contributed by atoms with Crippen molar-refractivity contribution in [1.82, 2.24) is 10.2 Å². The zero-order valence-electron chi connectivity index (χ0n) is 12.4. The van der Waals surface area contributed by atoms with Crippen molar-refractivity contribution in [3.8, 4) is 0 Å². The fourth-order valence-electron chi connectivity index (χ4n) is 2.30. The van der Waals surface area contributed by atoms with Crippen LogP contribution in [0.2, 0.25) is 0 Å². The molecular weight excluding hydrogens is 322 g/mol. The number of halogens is 1. The lowest BCUT2D eigenvalue weighted by Gasteiger charge is -2.28. The Morgan fingerprint density at radius 2 is 2.00 bits per heavy atom.